The molecule has 1 fully saturated rings. The lowest BCUT2D eigenvalue weighted by atomic mass is 10.2. The van der Waals surface area contributed by atoms with Gasteiger partial charge in [0, 0.05) is 17.4 Å². The lowest BCUT2D eigenvalue weighted by Gasteiger charge is -2.15. The number of hydrogen-bond acceptors (Lipinski definition) is 4. The van der Waals surface area contributed by atoms with Gasteiger partial charge in [0.1, 0.15) is 0 Å². The molecule has 1 aromatic rings. The Kier molecular flexibility index (Phi) is 5.57. The van der Waals surface area contributed by atoms with Gasteiger partial charge in [0.2, 0.25) is 5.91 Å². The van der Waals surface area contributed by atoms with Crippen LogP contribution in [-0.4, -0.2) is 29.6 Å². The summed E-state index contributed by atoms with van der Waals surface area (Å²) in [6, 6.07) is 5.05. The van der Waals surface area contributed by atoms with Crippen LogP contribution in [0.15, 0.2) is 18.2 Å². The van der Waals surface area contributed by atoms with E-state index in [1.807, 2.05) is 6.92 Å². The van der Waals surface area contributed by atoms with Gasteiger partial charge >= 0.3 is 0 Å². The highest BCUT2D eigenvalue weighted by Gasteiger charge is 2.20. The molecule has 1 aliphatic heterocycles. The normalized spacial score (nSPS) is 19.8. The molecule has 0 spiro atoms. The average molecular weight is 315 g/mol. The summed E-state index contributed by atoms with van der Waals surface area (Å²) in [4.78, 5) is 12.1. The van der Waals surface area contributed by atoms with Gasteiger partial charge in [-0.2, -0.15) is 0 Å². The van der Waals surface area contributed by atoms with Crippen molar-refractivity contribution in [3.8, 4) is 0 Å². The van der Waals surface area contributed by atoms with Crippen molar-refractivity contribution >= 4 is 40.6 Å². The molecule has 0 saturated carbocycles. The zero-order valence-electron chi connectivity index (χ0n) is 11.4. The monoisotopic (exact) mass is 314 g/mol. The Hall–Kier alpha value is -0.910. The molecule has 20 heavy (non-hydrogen) atoms. The SMILES string of the molecule is CC(SCC1CCCO1)C(=O)Nc1ccc(Cl)cc1N. The molecule has 3 N–H and O–H groups in total. The summed E-state index contributed by atoms with van der Waals surface area (Å²) in [5.41, 5.74) is 6.89. The number of nitrogen functional groups attached to an aromatic ring is 1. The van der Waals surface area contributed by atoms with Crippen molar-refractivity contribution in [2.75, 3.05) is 23.4 Å². The van der Waals surface area contributed by atoms with Crippen LogP contribution in [0.3, 0.4) is 0 Å². The number of carbonyl (C=O) groups is 1. The molecule has 4 nitrogen and oxygen atoms in total. The molecule has 1 saturated heterocycles. The summed E-state index contributed by atoms with van der Waals surface area (Å²) in [6.45, 7) is 2.73. The molecule has 0 radical (unpaired) electrons. The number of halogens is 1. The van der Waals surface area contributed by atoms with E-state index in [9.17, 15) is 4.79 Å². The number of rotatable bonds is 5. The summed E-state index contributed by atoms with van der Waals surface area (Å²) in [6.07, 6.45) is 2.49. The van der Waals surface area contributed by atoms with E-state index in [2.05, 4.69) is 5.32 Å². The molecule has 2 unspecified atom stereocenters. The number of amides is 1. The first kappa shape index (κ1) is 15.5. The highest BCUT2D eigenvalue weighted by atomic mass is 35.5. The van der Waals surface area contributed by atoms with E-state index in [4.69, 9.17) is 22.1 Å². The van der Waals surface area contributed by atoms with Gasteiger partial charge in [-0.1, -0.05) is 11.6 Å². The molecule has 6 heteroatoms. The number of hydrogen-bond donors (Lipinski definition) is 2. The highest BCUT2D eigenvalue weighted by Crippen LogP contribution is 2.25. The number of thioether (sulfide) groups is 1. The molecule has 1 heterocycles. The summed E-state index contributed by atoms with van der Waals surface area (Å²) in [5, 5.41) is 3.24. The summed E-state index contributed by atoms with van der Waals surface area (Å²) in [5.74, 6) is 0.798. The first-order valence-electron chi connectivity index (χ1n) is 6.65. The molecule has 1 aliphatic rings. The molecule has 0 aliphatic carbocycles. The summed E-state index contributed by atoms with van der Waals surface area (Å²) < 4.78 is 5.55. The van der Waals surface area contributed by atoms with Gasteiger partial charge in [0.25, 0.3) is 0 Å². The van der Waals surface area contributed by atoms with Gasteiger partial charge in [0.15, 0.2) is 0 Å². The zero-order chi connectivity index (χ0) is 14.5. The van der Waals surface area contributed by atoms with Crippen molar-refractivity contribution in [3.05, 3.63) is 23.2 Å². The average Bonchev–Trinajstić information content (AvgIpc) is 2.92. The second-order valence-electron chi connectivity index (χ2n) is 4.83. The number of carbonyl (C=O) groups excluding carboxylic acids is 1. The lowest BCUT2D eigenvalue weighted by Crippen LogP contribution is -2.24. The van der Waals surface area contributed by atoms with Gasteiger partial charge < -0.3 is 15.8 Å². The fraction of sp³-hybridized carbons (Fsp3) is 0.500. The smallest absolute Gasteiger partial charge is 0.237 e. The molecular weight excluding hydrogens is 296 g/mol. The second-order valence-corrected chi connectivity index (χ2v) is 6.64. The minimum Gasteiger partial charge on any atom is -0.397 e. The molecule has 1 aromatic carbocycles. The lowest BCUT2D eigenvalue weighted by molar-refractivity contribution is -0.115. The van der Waals surface area contributed by atoms with Crippen molar-refractivity contribution in [2.45, 2.75) is 31.1 Å². The Labute approximate surface area is 128 Å². The maximum atomic E-state index is 12.1. The first-order valence-corrected chi connectivity index (χ1v) is 8.08. The maximum absolute atomic E-state index is 12.1. The van der Waals surface area contributed by atoms with Crippen LogP contribution in [0.5, 0.6) is 0 Å². The van der Waals surface area contributed by atoms with Gasteiger partial charge in [-0.25, -0.2) is 0 Å². The van der Waals surface area contributed by atoms with Gasteiger partial charge in [-0.3, -0.25) is 4.79 Å². The number of ether oxygens (including phenoxy) is 1. The summed E-state index contributed by atoms with van der Waals surface area (Å²) >= 11 is 7.43. The van der Waals surface area contributed by atoms with Crippen LogP contribution in [0.2, 0.25) is 5.02 Å². The fourth-order valence-electron chi connectivity index (χ4n) is 1.98. The molecule has 0 bridgehead atoms. The maximum Gasteiger partial charge on any atom is 0.237 e. The van der Waals surface area contributed by atoms with Crippen LogP contribution in [0, 0.1) is 0 Å². The van der Waals surface area contributed by atoms with Gasteiger partial charge in [-0.05, 0) is 38.0 Å². The van der Waals surface area contributed by atoms with E-state index in [-0.39, 0.29) is 17.3 Å². The fourth-order valence-corrected chi connectivity index (χ4v) is 3.14. The number of nitrogens with two attached hydrogens (primary N) is 1. The Bertz CT molecular complexity index is 478. The zero-order valence-corrected chi connectivity index (χ0v) is 13.0. The quantitative estimate of drug-likeness (QED) is 0.819. The van der Waals surface area contributed by atoms with E-state index in [0.29, 0.717) is 16.4 Å². The Morgan fingerprint density at radius 3 is 3.10 bits per heavy atom. The third-order valence-electron chi connectivity index (χ3n) is 3.20. The Balaban J connectivity index is 1.83. The predicted molar refractivity (Wildman–Crippen MR) is 85.4 cm³/mol. The van der Waals surface area contributed by atoms with Crippen molar-refractivity contribution in [1.82, 2.24) is 0 Å². The minimum absolute atomic E-state index is 0.0537. The van der Waals surface area contributed by atoms with Gasteiger partial charge in [0.05, 0.1) is 22.7 Å². The van der Waals surface area contributed by atoms with Crippen molar-refractivity contribution in [3.63, 3.8) is 0 Å². The minimum atomic E-state index is -0.144. The van der Waals surface area contributed by atoms with E-state index >= 15 is 0 Å². The number of benzene rings is 1. The summed E-state index contributed by atoms with van der Waals surface area (Å²) in [7, 11) is 0. The van der Waals surface area contributed by atoms with E-state index in [1.54, 1.807) is 30.0 Å². The van der Waals surface area contributed by atoms with Crippen LogP contribution >= 0.6 is 23.4 Å². The highest BCUT2D eigenvalue weighted by molar-refractivity contribution is 8.00. The van der Waals surface area contributed by atoms with Gasteiger partial charge in [-0.15, -0.1) is 11.8 Å². The van der Waals surface area contributed by atoms with Crippen LogP contribution in [0.25, 0.3) is 0 Å². The van der Waals surface area contributed by atoms with Crippen LogP contribution in [-0.2, 0) is 9.53 Å². The second kappa shape index (κ2) is 7.20. The van der Waals surface area contributed by atoms with Crippen molar-refractivity contribution in [2.24, 2.45) is 0 Å². The van der Waals surface area contributed by atoms with Crippen LogP contribution < -0.4 is 11.1 Å². The molecule has 0 aromatic heterocycles. The molecule has 110 valence electrons. The standard InChI is InChI=1S/C14H19ClN2O2S/c1-9(20-8-11-3-2-6-19-11)14(18)17-13-5-4-10(15)7-12(13)16/h4-5,7,9,11H,2-3,6,8,16H2,1H3,(H,17,18). The topological polar surface area (TPSA) is 64.3 Å². The number of nitrogens with one attached hydrogen (secondary N) is 1. The van der Waals surface area contributed by atoms with Crippen molar-refractivity contribution < 1.29 is 9.53 Å². The molecule has 1 amide bonds. The molecule has 2 atom stereocenters. The molecule has 2 rings (SSSR count). The number of anilines is 2. The van der Waals surface area contributed by atoms with Crippen LogP contribution in [0.4, 0.5) is 11.4 Å². The Morgan fingerprint density at radius 1 is 1.65 bits per heavy atom. The van der Waals surface area contributed by atoms with E-state index < -0.39 is 0 Å². The first-order chi connectivity index (χ1) is 9.56. The third-order valence-corrected chi connectivity index (χ3v) is 4.71. The largest absolute Gasteiger partial charge is 0.397 e. The van der Waals surface area contributed by atoms with Crippen molar-refractivity contribution in [1.29, 1.82) is 0 Å². The molecular formula is C14H19ClN2O2S. The van der Waals surface area contributed by atoms with E-state index in [1.165, 1.54) is 0 Å². The predicted octanol–water partition coefficient (Wildman–Crippen LogP) is 3.16. The van der Waals surface area contributed by atoms with Crippen LogP contribution in [0.1, 0.15) is 19.8 Å². The third kappa shape index (κ3) is 4.30. The van der Waals surface area contributed by atoms with E-state index in [0.717, 1.165) is 25.2 Å². The Morgan fingerprint density at radius 2 is 2.45 bits per heavy atom.